The summed E-state index contributed by atoms with van der Waals surface area (Å²) >= 11 is 0. The van der Waals surface area contributed by atoms with Gasteiger partial charge in [0.1, 0.15) is 0 Å². The summed E-state index contributed by atoms with van der Waals surface area (Å²) in [6.45, 7) is 5.44. The number of sulfonamides is 1. The molecule has 8 heteroatoms. The van der Waals surface area contributed by atoms with E-state index >= 15 is 0 Å². The molecule has 1 aliphatic rings. The lowest BCUT2D eigenvalue weighted by molar-refractivity contribution is -0.125. The van der Waals surface area contributed by atoms with Crippen molar-refractivity contribution in [2.24, 2.45) is 5.92 Å². The average Bonchev–Trinajstić information content (AvgIpc) is 2.67. The lowest BCUT2D eigenvalue weighted by Gasteiger charge is -2.31. The molecule has 1 aromatic rings. The maximum Gasteiger partial charge on any atom is 0.253 e. The SMILES string of the molecule is CCN(CC)S(=O)(=O)c1ccc(C(=O)N2CCC(C(=O)NC)CC2)cc1. The maximum absolute atomic E-state index is 12.6. The van der Waals surface area contributed by atoms with E-state index in [9.17, 15) is 18.0 Å². The van der Waals surface area contributed by atoms with E-state index in [0.717, 1.165) is 0 Å². The molecule has 0 aliphatic carbocycles. The van der Waals surface area contributed by atoms with E-state index < -0.39 is 10.0 Å². The fraction of sp³-hybridized carbons (Fsp3) is 0.556. The number of carbonyl (C=O) groups excluding carboxylic acids is 2. The van der Waals surface area contributed by atoms with Crippen molar-refractivity contribution in [1.29, 1.82) is 0 Å². The molecule has 144 valence electrons. The van der Waals surface area contributed by atoms with Gasteiger partial charge in [0.25, 0.3) is 5.91 Å². The van der Waals surface area contributed by atoms with Crippen molar-refractivity contribution in [3.05, 3.63) is 29.8 Å². The van der Waals surface area contributed by atoms with Crippen LogP contribution in [0.15, 0.2) is 29.2 Å². The molecular weight excluding hydrogens is 354 g/mol. The smallest absolute Gasteiger partial charge is 0.253 e. The number of rotatable bonds is 6. The summed E-state index contributed by atoms with van der Waals surface area (Å²) in [5.41, 5.74) is 0.460. The zero-order valence-electron chi connectivity index (χ0n) is 15.6. The van der Waals surface area contributed by atoms with Gasteiger partial charge < -0.3 is 10.2 Å². The Kier molecular flexibility index (Phi) is 6.77. The molecule has 1 saturated heterocycles. The van der Waals surface area contributed by atoms with Gasteiger partial charge >= 0.3 is 0 Å². The van der Waals surface area contributed by atoms with Crippen molar-refractivity contribution >= 4 is 21.8 Å². The lowest BCUT2D eigenvalue weighted by atomic mass is 9.95. The van der Waals surface area contributed by atoms with Gasteiger partial charge in [0.2, 0.25) is 15.9 Å². The summed E-state index contributed by atoms with van der Waals surface area (Å²) in [6, 6.07) is 6.09. The van der Waals surface area contributed by atoms with Crippen LogP contribution in [0, 0.1) is 5.92 Å². The monoisotopic (exact) mass is 381 g/mol. The molecule has 2 amide bonds. The van der Waals surface area contributed by atoms with Crippen molar-refractivity contribution in [2.75, 3.05) is 33.2 Å². The van der Waals surface area contributed by atoms with Crippen LogP contribution < -0.4 is 5.32 Å². The number of amides is 2. The summed E-state index contributed by atoms with van der Waals surface area (Å²) < 4.78 is 26.4. The summed E-state index contributed by atoms with van der Waals surface area (Å²) in [5.74, 6) is -0.166. The topological polar surface area (TPSA) is 86.8 Å². The highest BCUT2D eigenvalue weighted by atomic mass is 32.2. The van der Waals surface area contributed by atoms with Crippen LogP contribution in [0.2, 0.25) is 0 Å². The molecule has 1 fully saturated rings. The molecule has 0 aromatic heterocycles. The lowest BCUT2D eigenvalue weighted by Crippen LogP contribution is -2.42. The Morgan fingerprint density at radius 1 is 1.12 bits per heavy atom. The number of piperidine rings is 1. The van der Waals surface area contributed by atoms with Crippen LogP contribution in [0.25, 0.3) is 0 Å². The molecule has 7 nitrogen and oxygen atoms in total. The number of hydrogen-bond acceptors (Lipinski definition) is 4. The van der Waals surface area contributed by atoms with Crippen LogP contribution in [0.5, 0.6) is 0 Å². The first-order valence-corrected chi connectivity index (χ1v) is 10.4. The highest BCUT2D eigenvalue weighted by Gasteiger charge is 2.28. The fourth-order valence-electron chi connectivity index (χ4n) is 3.21. The molecule has 0 saturated carbocycles. The van der Waals surface area contributed by atoms with Gasteiger partial charge in [-0.15, -0.1) is 0 Å². The Morgan fingerprint density at radius 2 is 1.65 bits per heavy atom. The quantitative estimate of drug-likeness (QED) is 0.805. The highest BCUT2D eigenvalue weighted by molar-refractivity contribution is 7.89. The molecule has 0 unspecified atom stereocenters. The largest absolute Gasteiger partial charge is 0.359 e. The molecule has 2 rings (SSSR count). The van der Waals surface area contributed by atoms with E-state index in [1.165, 1.54) is 16.4 Å². The third-order valence-electron chi connectivity index (χ3n) is 4.84. The minimum Gasteiger partial charge on any atom is -0.359 e. The number of benzene rings is 1. The third kappa shape index (κ3) is 4.24. The second kappa shape index (κ2) is 8.64. The average molecular weight is 381 g/mol. The number of carbonyl (C=O) groups is 2. The molecular formula is C18H27N3O4S. The number of nitrogens with zero attached hydrogens (tertiary/aromatic N) is 2. The number of likely N-dealkylation sites (tertiary alicyclic amines) is 1. The molecule has 0 bridgehead atoms. The molecule has 0 spiro atoms. The van der Waals surface area contributed by atoms with Crippen molar-refractivity contribution in [3.8, 4) is 0 Å². The fourth-order valence-corrected chi connectivity index (χ4v) is 4.67. The van der Waals surface area contributed by atoms with E-state index in [4.69, 9.17) is 0 Å². The minimum atomic E-state index is -3.52. The van der Waals surface area contributed by atoms with Gasteiger partial charge in [0.15, 0.2) is 0 Å². The number of hydrogen-bond donors (Lipinski definition) is 1. The molecule has 0 radical (unpaired) electrons. The Bertz CT molecular complexity index is 734. The summed E-state index contributed by atoms with van der Waals surface area (Å²) in [6.07, 6.45) is 1.28. The van der Waals surface area contributed by atoms with E-state index in [-0.39, 0.29) is 22.6 Å². The Morgan fingerprint density at radius 3 is 2.12 bits per heavy atom. The molecule has 1 heterocycles. The van der Waals surface area contributed by atoms with Crippen LogP contribution in [0.1, 0.15) is 37.0 Å². The van der Waals surface area contributed by atoms with Gasteiger partial charge in [0, 0.05) is 44.7 Å². The standard InChI is InChI=1S/C18H27N3O4S/c1-4-21(5-2)26(24,25)16-8-6-15(7-9-16)18(23)20-12-10-14(11-13-20)17(22)19-3/h6-9,14H,4-5,10-13H2,1-3H3,(H,19,22). The van der Waals surface area contributed by atoms with Crippen LogP contribution >= 0.6 is 0 Å². The Labute approximate surface area is 155 Å². The second-order valence-electron chi connectivity index (χ2n) is 6.29. The normalized spacial score (nSPS) is 15.9. The van der Waals surface area contributed by atoms with E-state index in [2.05, 4.69) is 5.32 Å². The molecule has 26 heavy (non-hydrogen) atoms. The van der Waals surface area contributed by atoms with Gasteiger partial charge in [-0.05, 0) is 37.1 Å². The molecule has 1 N–H and O–H groups in total. The van der Waals surface area contributed by atoms with Crippen LogP contribution in [0.4, 0.5) is 0 Å². The molecule has 1 aromatic carbocycles. The minimum absolute atomic E-state index is 0.0167. The van der Waals surface area contributed by atoms with Gasteiger partial charge in [0.05, 0.1) is 4.90 Å². The zero-order chi connectivity index (χ0) is 19.3. The van der Waals surface area contributed by atoms with E-state index in [1.54, 1.807) is 37.9 Å². The van der Waals surface area contributed by atoms with Gasteiger partial charge in [-0.2, -0.15) is 4.31 Å². The zero-order valence-corrected chi connectivity index (χ0v) is 16.4. The van der Waals surface area contributed by atoms with Crippen LogP contribution in [-0.2, 0) is 14.8 Å². The maximum atomic E-state index is 12.6. The van der Waals surface area contributed by atoms with Crippen molar-refractivity contribution in [1.82, 2.24) is 14.5 Å². The van der Waals surface area contributed by atoms with Gasteiger partial charge in [-0.1, -0.05) is 13.8 Å². The Hall–Kier alpha value is -1.93. The molecule has 0 atom stereocenters. The predicted molar refractivity (Wildman–Crippen MR) is 99.2 cm³/mol. The first-order chi connectivity index (χ1) is 12.3. The summed E-state index contributed by atoms with van der Waals surface area (Å²) in [5, 5.41) is 2.65. The van der Waals surface area contributed by atoms with E-state index in [1.807, 2.05) is 0 Å². The van der Waals surface area contributed by atoms with Gasteiger partial charge in [-0.25, -0.2) is 8.42 Å². The van der Waals surface area contributed by atoms with E-state index in [0.29, 0.717) is 44.6 Å². The van der Waals surface area contributed by atoms with Crippen LogP contribution in [-0.4, -0.2) is 62.7 Å². The highest BCUT2D eigenvalue weighted by Crippen LogP contribution is 2.21. The number of nitrogens with one attached hydrogen (secondary N) is 1. The second-order valence-corrected chi connectivity index (χ2v) is 8.23. The van der Waals surface area contributed by atoms with Gasteiger partial charge in [-0.3, -0.25) is 9.59 Å². The third-order valence-corrected chi connectivity index (χ3v) is 6.91. The first kappa shape index (κ1) is 20.4. The first-order valence-electron chi connectivity index (χ1n) is 8.96. The Balaban J connectivity index is 2.07. The summed E-state index contributed by atoms with van der Waals surface area (Å²) in [7, 11) is -1.91. The van der Waals surface area contributed by atoms with Crippen molar-refractivity contribution in [3.63, 3.8) is 0 Å². The van der Waals surface area contributed by atoms with Crippen molar-refractivity contribution in [2.45, 2.75) is 31.6 Å². The van der Waals surface area contributed by atoms with Crippen molar-refractivity contribution < 1.29 is 18.0 Å². The summed E-state index contributed by atoms with van der Waals surface area (Å²) in [4.78, 5) is 26.2. The van der Waals surface area contributed by atoms with Crippen LogP contribution in [0.3, 0.4) is 0 Å². The molecule has 1 aliphatic heterocycles. The predicted octanol–water partition coefficient (Wildman–Crippen LogP) is 1.32.